The monoisotopic (exact) mass is 634 g/mol. The van der Waals surface area contributed by atoms with Gasteiger partial charge in [0.1, 0.15) is 29.8 Å². The van der Waals surface area contributed by atoms with Gasteiger partial charge in [0.15, 0.2) is 11.0 Å². The number of aliphatic hydroxyl groups is 1. The van der Waals surface area contributed by atoms with Crippen LogP contribution < -0.4 is 9.47 Å². The van der Waals surface area contributed by atoms with Crippen LogP contribution >= 0.6 is 0 Å². The van der Waals surface area contributed by atoms with E-state index < -0.39 is 12.0 Å². The number of aliphatic hydroxyl groups excluding tert-OH is 1. The van der Waals surface area contributed by atoms with Gasteiger partial charge in [-0.2, -0.15) is 0 Å². The minimum Gasteiger partial charge on any atom is -0.464 e. The van der Waals surface area contributed by atoms with Gasteiger partial charge in [0, 0.05) is 11.4 Å². The van der Waals surface area contributed by atoms with Crippen molar-refractivity contribution in [2.24, 2.45) is 0 Å². The van der Waals surface area contributed by atoms with Gasteiger partial charge in [0.25, 0.3) is 0 Å². The van der Waals surface area contributed by atoms with Crippen molar-refractivity contribution in [3.63, 3.8) is 0 Å². The number of aryl methyl sites for hydroxylation is 6. The summed E-state index contributed by atoms with van der Waals surface area (Å²) in [5.74, 6) is 3.07. The highest BCUT2D eigenvalue weighted by molar-refractivity contribution is 5.86. The number of aromatic nitrogens is 6. The molecular weight excluding hydrogens is 596 g/mol. The molecule has 0 aliphatic heterocycles. The lowest BCUT2D eigenvalue weighted by molar-refractivity contribution is -0.145. The Morgan fingerprint density at radius 2 is 1.23 bits per heavy atom. The number of rotatable bonds is 11. The molecule has 0 aliphatic carbocycles. The Kier molecular flexibility index (Phi) is 8.91. The number of para-hydroxylation sites is 2. The number of fused-ring (bicyclic) bond motifs is 2. The summed E-state index contributed by atoms with van der Waals surface area (Å²) >= 11 is 0. The molecule has 0 saturated heterocycles. The van der Waals surface area contributed by atoms with Crippen LogP contribution in [0.1, 0.15) is 46.6 Å². The van der Waals surface area contributed by atoms with Crippen LogP contribution in [0.4, 0.5) is 0 Å². The average molecular weight is 635 g/mol. The third-order valence-corrected chi connectivity index (χ3v) is 8.46. The van der Waals surface area contributed by atoms with Crippen LogP contribution in [0, 0.1) is 41.5 Å². The molecule has 1 N–H and O–H groups in total. The molecule has 0 saturated carbocycles. The quantitative estimate of drug-likeness (QED) is 0.154. The first-order valence-corrected chi connectivity index (χ1v) is 15.6. The number of hydrogen-bond acceptors (Lipinski definition) is 9. The molecule has 4 heterocycles. The van der Waals surface area contributed by atoms with E-state index in [4.69, 9.17) is 24.2 Å². The second-order valence-corrected chi connectivity index (χ2v) is 11.6. The van der Waals surface area contributed by atoms with E-state index in [0.29, 0.717) is 46.7 Å². The van der Waals surface area contributed by atoms with E-state index in [2.05, 4.69) is 9.97 Å². The topological polar surface area (TPSA) is 126 Å². The zero-order valence-corrected chi connectivity index (χ0v) is 27.4. The van der Waals surface area contributed by atoms with Crippen molar-refractivity contribution in [2.75, 3.05) is 13.2 Å². The predicted octanol–water partition coefficient (Wildman–Crippen LogP) is 6.78. The van der Waals surface area contributed by atoms with Gasteiger partial charge in [-0.15, -0.1) is 0 Å². The molecule has 6 rings (SSSR count). The van der Waals surface area contributed by atoms with Crippen LogP contribution in [0.5, 0.6) is 23.3 Å². The van der Waals surface area contributed by atoms with Crippen LogP contribution in [-0.2, 0) is 16.1 Å². The predicted molar refractivity (Wildman–Crippen MR) is 178 cm³/mol. The molecule has 4 aromatic heterocycles. The molecule has 0 bridgehead atoms. The van der Waals surface area contributed by atoms with Gasteiger partial charge in [-0.1, -0.05) is 36.4 Å². The summed E-state index contributed by atoms with van der Waals surface area (Å²) in [6.07, 6.45) is -0.0424. The third-order valence-electron chi connectivity index (χ3n) is 8.46. The fraction of sp³-hybridized carbons (Fsp3) is 0.306. The lowest BCUT2D eigenvalue weighted by Gasteiger charge is -2.20. The number of benzene rings is 2. The van der Waals surface area contributed by atoms with Crippen molar-refractivity contribution in [3.05, 3.63) is 94.8 Å². The first-order valence-electron chi connectivity index (χ1n) is 15.6. The van der Waals surface area contributed by atoms with E-state index in [1.807, 2.05) is 111 Å². The summed E-state index contributed by atoms with van der Waals surface area (Å²) in [6, 6.07) is 18.3. The molecule has 0 fully saturated rings. The fourth-order valence-electron chi connectivity index (χ4n) is 5.87. The van der Waals surface area contributed by atoms with Gasteiger partial charge < -0.3 is 28.5 Å². The van der Waals surface area contributed by atoms with Crippen LogP contribution in [-0.4, -0.2) is 53.4 Å². The van der Waals surface area contributed by atoms with Gasteiger partial charge in [0.2, 0.25) is 11.8 Å². The van der Waals surface area contributed by atoms with E-state index in [1.165, 1.54) is 0 Å². The molecule has 1 atom stereocenters. The molecule has 6 aromatic rings. The van der Waals surface area contributed by atoms with Gasteiger partial charge in [-0.25, -0.2) is 19.9 Å². The third kappa shape index (κ3) is 6.26. The first-order chi connectivity index (χ1) is 22.7. The maximum atomic E-state index is 13.2. The van der Waals surface area contributed by atoms with Gasteiger partial charge in [-0.05, 0) is 76.9 Å². The number of ether oxygens (including phenoxy) is 3. The first kappa shape index (κ1) is 31.7. The standard InChI is InChI=1S/C36H38N6O5/c1-21-23(3)37-35(46-28-13-9-7-10-14-28)31-33(21)41(25(5)39-31)17-18-45-30(44)19-27(20-43)42-26(6)40-32-34(42)22(2)24(4)38-36(32)47-29-15-11-8-12-16-29/h7-16,27,43H,17-20H2,1-6H3. The number of hydrogen-bond donors (Lipinski definition) is 1. The zero-order valence-electron chi connectivity index (χ0n) is 27.4. The van der Waals surface area contributed by atoms with E-state index in [0.717, 1.165) is 39.4 Å². The lowest BCUT2D eigenvalue weighted by atomic mass is 10.1. The van der Waals surface area contributed by atoms with Crippen molar-refractivity contribution in [1.82, 2.24) is 29.1 Å². The molecule has 242 valence electrons. The van der Waals surface area contributed by atoms with Gasteiger partial charge in [0.05, 0.1) is 36.6 Å². The summed E-state index contributed by atoms with van der Waals surface area (Å²) in [5.41, 5.74) is 6.34. The van der Waals surface area contributed by atoms with Crippen molar-refractivity contribution < 1.29 is 24.1 Å². The maximum Gasteiger partial charge on any atom is 0.308 e. The largest absolute Gasteiger partial charge is 0.464 e. The molecule has 0 spiro atoms. The molecule has 1 unspecified atom stereocenters. The van der Waals surface area contributed by atoms with Crippen LogP contribution in [0.25, 0.3) is 22.1 Å². The summed E-state index contributed by atoms with van der Waals surface area (Å²) in [6.45, 7) is 11.8. The number of carbonyl (C=O) groups excluding carboxylic acids is 1. The Morgan fingerprint density at radius 3 is 1.79 bits per heavy atom. The Morgan fingerprint density at radius 1 is 0.723 bits per heavy atom. The number of carbonyl (C=O) groups is 1. The molecule has 0 radical (unpaired) electrons. The van der Waals surface area contributed by atoms with Crippen molar-refractivity contribution in [2.45, 2.75) is 60.5 Å². The summed E-state index contributed by atoms with van der Waals surface area (Å²) in [5, 5.41) is 10.5. The smallest absolute Gasteiger partial charge is 0.308 e. The van der Waals surface area contributed by atoms with E-state index in [1.54, 1.807) is 0 Å². The summed E-state index contributed by atoms with van der Waals surface area (Å²) < 4.78 is 21.9. The highest BCUT2D eigenvalue weighted by Gasteiger charge is 2.26. The molecule has 2 aromatic carbocycles. The Balaban J connectivity index is 1.20. The number of esters is 1. The Hall–Kier alpha value is -5.29. The second kappa shape index (κ2) is 13.2. The summed E-state index contributed by atoms with van der Waals surface area (Å²) in [7, 11) is 0. The average Bonchev–Trinajstić information content (AvgIpc) is 3.59. The molecule has 0 aliphatic rings. The zero-order chi connectivity index (χ0) is 33.2. The van der Waals surface area contributed by atoms with E-state index >= 15 is 0 Å². The molecule has 0 amide bonds. The highest BCUT2D eigenvalue weighted by Crippen LogP contribution is 2.35. The Labute approximate surface area is 272 Å². The lowest BCUT2D eigenvalue weighted by Crippen LogP contribution is -2.21. The highest BCUT2D eigenvalue weighted by atomic mass is 16.5. The maximum absolute atomic E-state index is 13.2. The van der Waals surface area contributed by atoms with E-state index in [9.17, 15) is 9.90 Å². The second-order valence-electron chi connectivity index (χ2n) is 11.6. The van der Waals surface area contributed by atoms with Crippen molar-refractivity contribution >= 4 is 28.0 Å². The van der Waals surface area contributed by atoms with E-state index in [-0.39, 0.29) is 19.6 Å². The Bertz CT molecular complexity index is 2070. The van der Waals surface area contributed by atoms with Crippen molar-refractivity contribution in [3.8, 4) is 23.3 Å². The van der Waals surface area contributed by atoms with Crippen LogP contribution in [0.15, 0.2) is 60.7 Å². The minimum absolute atomic E-state index is 0.0424. The SMILES string of the molecule is Cc1nc(Oc2ccccc2)c2nc(C)n(CCOC(=O)CC(CO)n3c(C)nc4c(Oc5ccccc5)nc(C)c(C)c43)c2c1C. The van der Waals surface area contributed by atoms with Crippen LogP contribution in [0.3, 0.4) is 0 Å². The molecule has 11 nitrogen and oxygen atoms in total. The van der Waals surface area contributed by atoms with Crippen LogP contribution in [0.2, 0.25) is 0 Å². The minimum atomic E-state index is -0.595. The summed E-state index contributed by atoms with van der Waals surface area (Å²) in [4.78, 5) is 32.1. The fourth-order valence-corrected chi connectivity index (χ4v) is 5.87. The number of nitrogens with zero attached hydrogens (tertiary/aromatic N) is 6. The number of imidazole rings is 2. The molecule has 11 heteroatoms. The molecular formula is C36H38N6O5. The van der Waals surface area contributed by atoms with Crippen molar-refractivity contribution in [1.29, 1.82) is 0 Å². The number of pyridine rings is 2. The molecule has 47 heavy (non-hydrogen) atoms. The van der Waals surface area contributed by atoms with Gasteiger partial charge >= 0.3 is 5.97 Å². The normalized spacial score (nSPS) is 12.1. The van der Waals surface area contributed by atoms with Gasteiger partial charge in [-0.3, -0.25) is 4.79 Å².